The lowest BCUT2D eigenvalue weighted by molar-refractivity contribution is 0.799. The lowest BCUT2D eigenvalue weighted by Crippen LogP contribution is -2.50. The van der Waals surface area contributed by atoms with E-state index in [4.69, 9.17) is 24.4 Å². The molecule has 0 spiro atoms. The lowest BCUT2D eigenvalue weighted by atomic mass is 10.3. The molecule has 0 aromatic rings. The Morgan fingerprint density at radius 2 is 1.19 bits per heavy atom. The van der Waals surface area contributed by atoms with Gasteiger partial charge in [0.25, 0.3) is 0 Å². The predicted octanol–water partition coefficient (Wildman–Crippen LogP) is 0.982. The SMILES string of the molecule is C=C(C)CNC(=S)NNC(=S)NCC(=C)C. The summed E-state index contributed by atoms with van der Waals surface area (Å²) in [7, 11) is 0. The van der Waals surface area contributed by atoms with Gasteiger partial charge < -0.3 is 10.6 Å². The molecule has 4 N–H and O–H groups in total. The second-order valence-electron chi connectivity index (χ2n) is 3.53. The normalized spacial score (nSPS) is 8.88. The molecule has 0 aromatic heterocycles. The molecular formula is C10H18N4S2. The monoisotopic (exact) mass is 258 g/mol. The lowest BCUT2D eigenvalue weighted by Gasteiger charge is -2.14. The van der Waals surface area contributed by atoms with Gasteiger partial charge in [0, 0.05) is 13.1 Å². The van der Waals surface area contributed by atoms with Crippen LogP contribution in [-0.4, -0.2) is 23.3 Å². The fraction of sp³-hybridized carbons (Fsp3) is 0.400. The Morgan fingerprint density at radius 1 is 0.875 bits per heavy atom. The molecule has 0 fully saturated rings. The molecule has 0 heterocycles. The Balaban J connectivity index is 3.63. The van der Waals surface area contributed by atoms with Gasteiger partial charge in [-0.2, -0.15) is 0 Å². The molecule has 6 heteroatoms. The van der Waals surface area contributed by atoms with Gasteiger partial charge >= 0.3 is 0 Å². The maximum absolute atomic E-state index is 5.00. The van der Waals surface area contributed by atoms with Crippen LogP contribution in [0.1, 0.15) is 13.8 Å². The zero-order chi connectivity index (χ0) is 12.6. The number of rotatable bonds is 4. The molecule has 4 nitrogen and oxygen atoms in total. The van der Waals surface area contributed by atoms with Crippen molar-refractivity contribution in [1.82, 2.24) is 21.5 Å². The van der Waals surface area contributed by atoms with Crippen LogP contribution in [-0.2, 0) is 0 Å². The van der Waals surface area contributed by atoms with Crippen LogP contribution in [0.5, 0.6) is 0 Å². The van der Waals surface area contributed by atoms with Crippen molar-refractivity contribution < 1.29 is 0 Å². The number of hydrogen-bond donors (Lipinski definition) is 4. The minimum absolute atomic E-state index is 0.475. The molecule has 90 valence electrons. The van der Waals surface area contributed by atoms with Gasteiger partial charge in [-0.15, -0.1) is 0 Å². The van der Waals surface area contributed by atoms with Crippen LogP contribution in [0.3, 0.4) is 0 Å². The van der Waals surface area contributed by atoms with Crippen LogP contribution in [0.25, 0.3) is 0 Å². The fourth-order valence-electron chi connectivity index (χ4n) is 0.664. The summed E-state index contributed by atoms with van der Waals surface area (Å²) in [4.78, 5) is 0. The van der Waals surface area contributed by atoms with Crippen molar-refractivity contribution in [2.45, 2.75) is 13.8 Å². The molecule has 0 aliphatic carbocycles. The van der Waals surface area contributed by atoms with E-state index in [0.717, 1.165) is 11.1 Å². The van der Waals surface area contributed by atoms with Crippen LogP contribution in [0.15, 0.2) is 24.3 Å². The molecule has 0 aliphatic heterocycles. The molecule has 0 amide bonds. The van der Waals surface area contributed by atoms with Gasteiger partial charge in [-0.3, -0.25) is 10.9 Å². The first-order valence-corrected chi connectivity index (χ1v) is 5.60. The summed E-state index contributed by atoms with van der Waals surface area (Å²) in [6, 6.07) is 0. The Kier molecular flexibility index (Phi) is 7.49. The van der Waals surface area contributed by atoms with E-state index in [1.54, 1.807) is 0 Å². The van der Waals surface area contributed by atoms with Gasteiger partial charge in [0.05, 0.1) is 0 Å². The number of thiocarbonyl (C=S) groups is 2. The molecule has 0 aliphatic rings. The van der Waals surface area contributed by atoms with Crippen molar-refractivity contribution in [2.75, 3.05) is 13.1 Å². The first-order chi connectivity index (χ1) is 7.41. The van der Waals surface area contributed by atoms with Crippen LogP contribution in [0, 0.1) is 0 Å². The van der Waals surface area contributed by atoms with E-state index >= 15 is 0 Å². The smallest absolute Gasteiger partial charge is 0.185 e. The summed E-state index contributed by atoms with van der Waals surface area (Å²) in [5, 5.41) is 6.86. The average molecular weight is 258 g/mol. The first-order valence-electron chi connectivity index (χ1n) is 4.78. The first kappa shape index (κ1) is 14.9. The Hall–Kier alpha value is -1.14. The van der Waals surface area contributed by atoms with Crippen LogP contribution in [0.2, 0.25) is 0 Å². The maximum Gasteiger partial charge on any atom is 0.185 e. The summed E-state index contributed by atoms with van der Waals surface area (Å²) in [6.07, 6.45) is 0. The number of hydrazine groups is 1. The second kappa shape index (κ2) is 8.06. The average Bonchev–Trinajstić information content (AvgIpc) is 2.20. The Bertz CT molecular complexity index is 269. The van der Waals surface area contributed by atoms with Crippen molar-refractivity contribution in [1.29, 1.82) is 0 Å². The molecule has 0 saturated carbocycles. The quantitative estimate of drug-likeness (QED) is 0.343. The predicted molar refractivity (Wildman–Crippen MR) is 77.1 cm³/mol. The van der Waals surface area contributed by atoms with Crippen molar-refractivity contribution in [3.63, 3.8) is 0 Å². The van der Waals surface area contributed by atoms with E-state index in [2.05, 4.69) is 34.6 Å². The zero-order valence-corrected chi connectivity index (χ0v) is 11.3. The minimum atomic E-state index is 0.475. The topological polar surface area (TPSA) is 48.1 Å². The van der Waals surface area contributed by atoms with Crippen LogP contribution in [0.4, 0.5) is 0 Å². The van der Waals surface area contributed by atoms with Crippen molar-refractivity contribution in [3.05, 3.63) is 24.3 Å². The fourth-order valence-corrected chi connectivity index (χ4v) is 0.911. The van der Waals surface area contributed by atoms with E-state index in [-0.39, 0.29) is 0 Å². The summed E-state index contributed by atoms with van der Waals surface area (Å²) in [6.45, 7) is 12.6. The van der Waals surface area contributed by atoms with Gasteiger partial charge in [0.1, 0.15) is 0 Å². The third-order valence-corrected chi connectivity index (χ3v) is 1.88. The number of hydrogen-bond acceptors (Lipinski definition) is 2. The molecule has 0 aromatic carbocycles. The van der Waals surface area contributed by atoms with Crippen molar-refractivity contribution in [3.8, 4) is 0 Å². The molecule has 0 atom stereocenters. The molecular weight excluding hydrogens is 240 g/mol. The van der Waals surface area contributed by atoms with Gasteiger partial charge in [0.2, 0.25) is 0 Å². The molecule has 0 rings (SSSR count). The minimum Gasteiger partial charge on any atom is -0.358 e. The highest BCUT2D eigenvalue weighted by molar-refractivity contribution is 7.80. The van der Waals surface area contributed by atoms with Crippen molar-refractivity contribution >= 4 is 34.7 Å². The second-order valence-corrected chi connectivity index (χ2v) is 4.35. The number of nitrogens with one attached hydrogen (secondary N) is 4. The molecule has 0 saturated heterocycles. The molecule has 16 heavy (non-hydrogen) atoms. The van der Waals surface area contributed by atoms with E-state index in [9.17, 15) is 0 Å². The van der Waals surface area contributed by atoms with Gasteiger partial charge in [0.15, 0.2) is 10.2 Å². The van der Waals surface area contributed by atoms with E-state index in [0.29, 0.717) is 23.3 Å². The van der Waals surface area contributed by atoms with E-state index in [1.807, 2.05) is 13.8 Å². The largest absolute Gasteiger partial charge is 0.358 e. The third-order valence-electron chi connectivity index (χ3n) is 1.39. The third kappa shape index (κ3) is 9.42. The molecule has 0 bridgehead atoms. The summed E-state index contributed by atoms with van der Waals surface area (Å²) in [5.41, 5.74) is 7.53. The highest BCUT2D eigenvalue weighted by Gasteiger charge is 1.96. The van der Waals surface area contributed by atoms with Crippen LogP contribution < -0.4 is 21.5 Å². The maximum atomic E-state index is 5.00. The van der Waals surface area contributed by atoms with E-state index < -0.39 is 0 Å². The highest BCUT2D eigenvalue weighted by atomic mass is 32.1. The summed E-state index contributed by atoms with van der Waals surface area (Å²) >= 11 is 9.99. The van der Waals surface area contributed by atoms with Gasteiger partial charge in [-0.25, -0.2) is 0 Å². The zero-order valence-electron chi connectivity index (χ0n) is 9.64. The van der Waals surface area contributed by atoms with Gasteiger partial charge in [-0.1, -0.05) is 24.3 Å². The van der Waals surface area contributed by atoms with Crippen LogP contribution >= 0.6 is 24.4 Å². The molecule has 0 radical (unpaired) electrons. The summed E-state index contributed by atoms with van der Waals surface area (Å²) < 4.78 is 0. The highest BCUT2D eigenvalue weighted by Crippen LogP contribution is 1.82. The summed E-state index contributed by atoms with van der Waals surface area (Å²) in [5.74, 6) is 0. The Labute approximate surface area is 108 Å². The molecule has 0 unspecified atom stereocenters. The van der Waals surface area contributed by atoms with Gasteiger partial charge in [-0.05, 0) is 38.3 Å². The van der Waals surface area contributed by atoms with E-state index in [1.165, 1.54) is 0 Å². The Morgan fingerprint density at radius 3 is 1.44 bits per heavy atom. The standard InChI is InChI=1S/C10H18N4S2/c1-7(2)5-11-9(15)13-14-10(16)12-6-8(3)4/h1,3,5-6H2,2,4H3,(H2,11,13,15)(H2,12,14,16). The van der Waals surface area contributed by atoms with Crippen molar-refractivity contribution in [2.24, 2.45) is 0 Å².